The molecule has 2 atom stereocenters. The molecule has 1 heterocycles. The molecular formula is C19H31NO3. The van der Waals surface area contributed by atoms with Crippen molar-refractivity contribution in [2.24, 2.45) is 0 Å². The lowest BCUT2D eigenvalue weighted by atomic mass is 10.1. The van der Waals surface area contributed by atoms with E-state index < -0.39 is 6.10 Å². The summed E-state index contributed by atoms with van der Waals surface area (Å²) in [5.74, 6) is 0. The molecule has 0 spiro atoms. The Kier molecular flexibility index (Phi) is 7.50. The lowest BCUT2D eigenvalue weighted by Crippen LogP contribution is -2.39. The van der Waals surface area contributed by atoms with Gasteiger partial charge in [-0.3, -0.25) is 4.90 Å². The van der Waals surface area contributed by atoms with E-state index >= 15 is 0 Å². The second-order valence-corrected chi connectivity index (χ2v) is 6.85. The van der Waals surface area contributed by atoms with Crippen LogP contribution in [0.1, 0.15) is 37.8 Å². The molecule has 0 unspecified atom stereocenters. The van der Waals surface area contributed by atoms with Gasteiger partial charge in [-0.05, 0) is 39.2 Å². The van der Waals surface area contributed by atoms with Crippen LogP contribution in [0.5, 0.6) is 0 Å². The van der Waals surface area contributed by atoms with Crippen LogP contribution in [-0.2, 0) is 16.0 Å². The maximum absolute atomic E-state index is 10.3. The Bertz CT molecular complexity index is 458. The third-order valence-corrected chi connectivity index (χ3v) is 4.07. The summed E-state index contributed by atoms with van der Waals surface area (Å²) in [5, 5.41) is 10.3. The second-order valence-electron chi connectivity index (χ2n) is 6.85. The molecule has 0 bridgehead atoms. The Morgan fingerprint density at radius 1 is 1.39 bits per heavy atom. The molecule has 0 aliphatic carbocycles. The summed E-state index contributed by atoms with van der Waals surface area (Å²) in [6.07, 6.45) is 2.22. The van der Waals surface area contributed by atoms with Crippen molar-refractivity contribution in [3.05, 3.63) is 35.4 Å². The van der Waals surface area contributed by atoms with Gasteiger partial charge in [0, 0.05) is 26.2 Å². The maximum atomic E-state index is 10.3. The average molecular weight is 321 g/mol. The van der Waals surface area contributed by atoms with Gasteiger partial charge in [0.25, 0.3) is 0 Å². The van der Waals surface area contributed by atoms with E-state index in [2.05, 4.69) is 36.1 Å². The van der Waals surface area contributed by atoms with Gasteiger partial charge in [-0.2, -0.15) is 0 Å². The molecular weight excluding hydrogens is 290 g/mol. The SMILES string of the molecule is Cc1cccc(CN(C[C@@H](O)COC(C)C)C[C@H]2CCCO2)c1. The van der Waals surface area contributed by atoms with Gasteiger partial charge >= 0.3 is 0 Å². The van der Waals surface area contributed by atoms with Crippen LogP contribution in [0, 0.1) is 6.92 Å². The fourth-order valence-electron chi connectivity index (χ4n) is 3.00. The Morgan fingerprint density at radius 3 is 2.87 bits per heavy atom. The molecule has 0 radical (unpaired) electrons. The van der Waals surface area contributed by atoms with Crippen molar-refractivity contribution in [1.82, 2.24) is 4.90 Å². The van der Waals surface area contributed by atoms with Gasteiger partial charge in [0.1, 0.15) is 0 Å². The molecule has 1 aliphatic rings. The van der Waals surface area contributed by atoms with E-state index in [1.54, 1.807) is 0 Å². The highest BCUT2D eigenvalue weighted by atomic mass is 16.5. The Morgan fingerprint density at radius 2 is 2.22 bits per heavy atom. The van der Waals surface area contributed by atoms with Gasteiger partial charge in [-0.1, -0.05) is 29.8 Å². The largest absolute Gasteiger partial charge is 0.389 e. The van der Waals surface area contributed by atoms with E-state index in [1.165, 1.54) is 11.1 Å². The summed E-state index contributed by atoms with van der Waals surface area (Å²) < 4.78 is 11.3. The minimum atomic E-state index is -0.469. The van der Waals surface area contributed by atoms with Crippen LogP contribution in [0.25, 0.3) is 0 Å². The maximum Gasteiger partial charge on any atom is 0.0900 e. The molecule has 1 N–H and O–H groups in total. The molecule has 23 heavy (non-hydrogen) atoms. The summed E-state index contributed by atoms with van der Waals surface area (Å²) >= 11 is 0. The molecule has 4 heteroatoms. The average Bonchev–Trinajstić information content (AvgIpc) is 2.98. The number of rotatable bonds is 9. The van der Waals surface area contributed by atoms with E-state index in [9.17, 15) is 5.11 Å². The molecule has 1 saturated heterocycles. The molecule has 1 aromatic rings. The first-order valence-electron chi connectivity index (χ1n) is 8.72. The quantitative estimate of drug-likeness (QED) is 0.759. The standard InChI is InChI=1S/C19H31NO3/c1-15(2)23-14-18(21)12-20(13-19-8-5-9-22-19)11-17-7-4-6-16(3)10-17/h4,6-7,10,15,18-19,21H,5,8-9,11-14H2,1-3H3/t18-,19-/m1/s1. The Labute approximate surface area is 140 Å². The zero-order chi connectivity index (χ0) is 16.7. The van der Waals surface area contributed by atoms with Crippen molar-refractivity contribution in [3.63, 3.8) is 0 Å². The van der Waals surface area contributed by atoms with E-state index in [-0.39, 0.29) is 12.2 Å². The molecule has 2 rings (SSSR count). The van der Waals surface area contributed by atoms with Crippen molar-refractivity contribution >= 4 is 0 Å². The Hall–Kier alpha value is -0.940. The smallest absolute Gasteiger partial charge is 0.0900 e. The number of hydrogen-bond donors (Lipinski definition) is 1. The molecule has 130 valence electrons. The van der Waals surface area contributed by atoms with Crippen molar-refractivity contribution in [2.45, 2.75) is 58.5 Å². The van der Waals surface area contributed by atoms with Crippen molar-refractivity contribution < 1.29 is 14.6 Å². The first kappa shape index (κ1) is 18.4. The fourth-order valence-corrected chi connectivity index (χ4v) is 3.00. The van der Waals surface area contributed by atoms with Crippen molar-refractivity contribution in [2.75, 3.05) is 26.3 Å². The van der Waals surface area contributed by atoms with Crippen LogP contribution in [-0.4, -0.2) is 54.6 Å². The summed E-state index contributed by atoms with van der Waals surface area (Å²) in [5.41, 5.74) is 2.54. The minimum absolute atomic E-state index is 0.146. The van der Waals surface area contributed by atoms with Crippen LogP contribution in [0.15, 0.2) is 24.3 Å². The molecule has 1 aromatic carbocycles. The number of aryl methyl sites for hydroxylation is 1. The summed E-state index contributed by atoms with van der Waals surface area (Å²) in [4.78, 5) is 2.29. The van der Waals surface area contributed by atoms with Crippen LogP contribution >= 0.6 is 0 Å². The molecule has 1 fully saturated rings. The predicted molar refractivity (Wildman–Crippen MR) is 92.5 cm³/mol. The lowest BCUT2D eigenvalue weighted by molar-refractivity contribution is -0.0172. The highest BCUT2D eigenvalue weighted by Crippen LogP contribution is 2.16. The number of aliphatic hydroxyl groups is 1. The molecule has 1 aliphatic heterocycles. The number of nitrogens with zero attached hydrogens (tertiary/aromatic N) is 1. The van der Waals surface area contributed by atoms with Gasteiger partial charge in [0.15, 0.2) is 0 Å². The fraction of sp³-hybridized carbons (Fsp3) is 0.684. The van der Waals surface area contributed by atoms with E-state index in [4.69, 9.17) is 9.47 Å². The van der Waals surface area contributed by atoms with Gasteiger partial charge in [-0.15, -0.1) is 0 Å². The second kappa shape index (κ2) is 9.38. The van der Waals surface area contributed by atoms with Gasteiger partial charge in [-0.25, -0.2) is 0 Å². The minimum Gasteiger partial charge on any atom is -0.389 e. The summed E-state index contributed by atoms with van der Waals surface area (Å²) in [6, 6.07) is 8.55. The topological polar surface area (TPSA) is 41.9 Å². The van der Waals surface area contributed by atoms with Gasteiger partial charge < -0.3 is 14.6 Å². The zero-order valence-corrected chi connectivity index (χ0v) is 14.7. The highest BCUT2D eigenvalue weighted by Gasteiger charge is 2.21. The van der Waals surface area contributed by atoms with Gasteiger partial charge in [0.2, 0.25) is 0 Å². The van der Waals surface area contributed by atoms with E-state index in [1.807, 2.05) is 13.8 Å². The number of aliphatic hydroxyl groups excluding tert-OH is 1. The normalized spacial score (nSPS) is 19.7. The molecule has 0 saturated carbocycles. The molecule has 4 nitrogen and oxygen atoms in total. The molecule has 0 aromatic heterocycles. The van der Waals surface area contributed by atoms with Crippen LogP contribution in [0.2, 0.25) is 0 Å². The highest BCUT2D eigenvalue weighted by molar-refractivity contribution is 5.22. The van der Waals surface area contributed by atoms with Crippen molar-refractivity contribution in [1.29, 1.82) is 0 Å². The van der Waals surface area contributed by atoms with Crippen LogP contribution in [0.3, 0.4) is 0 Å². The number of benzene rings is 1. The number of hydrogen-bond acceptors (Lipinski definition) is 4. The first-order chi connectivity index (χ1) is 11.0. The number of ether oxygens (including phenoxy) is 2. The Balaban J connectivity index is 1.93. The third-order valence-electron chi connectivity index (χ3n) is 4.07. The van der Waals surface area contributed by atoms with E-state index in [0.29, 0.717) is 13.2 Å². The zero-order valence-electron chi connectivity index (χ0n) is 14.7. The summed E-state index contributed by atoms with van der Waals surface area (Å²) in [6.45, 7) is 9.65. The predicted octanol–water partition coefficient (Wildman–Crippen LogP) is 2.76. The van der Waals surface area contributed by atoms with Crippen molar-refractivity contribution in [3.8, 4) is 0 Å². The first-order valence-corrected chi connectivity index (χ1v) is 8.72. The monoisotopic (exact) mass is 321 g/mol. The summed E-state index contributed by atoms with van der Waals surface area (Å²) in [7, 11) is 0. The van der Waals surface area contributed by atoms with Gasteiger partial charge in [0.05, 0.1) is 24.9 Å². The van der Waals surface area contributed by atoms with E-state index in [0.717, 1.165) is 32.5 Å². The third kappa shape index (κ3) is 7.00. The lowest BCUT2D eigenvalue weighted by Gasteiger charge is -2.28. The van der Waals surface area contributed by atoms with Crippen LogP contribution < -0.4 is 0 Å². The van der Waals surface area contributed by atoms with Crippen LogP contribution in [0.4, 0.5) is 0 Å². The molecule has 0 amide bonds.